The molecule has 0 bridgehead atoms. The van der Waals surface area contributed by atoms with Crippen molar-refractivity contribution in [2.24, 2.45) is 0 Å². The minimum Gasteiger partial charge on any atom is -0.479 e. The molecule has 6 heterocycles. The third-order valence-electron chi connectivity index (χ3n) is 14.2. The molecule has 3 aromatic carbocycles. The number of pyridine rings is 1. The number of nitrogens with zero attached hydrogens (tertiary/aromatic N) is 8. The van der Waals surface area contributed by atoms with Crippen molar-refractivity contribution >= 4 is 72.8 Å². The highest BCUT2D eigenvalue weighted by Gasteiger charge is 2.48. The van der Waals surface area contributed by atoms with Gasteiger partial charge in [-0.05, 0) is 98.9 Å². The van der Waals surface area contributed by atoms with Crippen LogP contribution in [-0.2, 0) is 60.6 Å². The predicted octanol–water partition coefficient (Wildman–Crippen LogP) is 4.20. The highest BCUT2D eigenvalue weighted by molar-refractivity contribution is 9.14. The lowest BCUT2D eigenvalue weighted by atomic mass is 9.99. The average molecular weight is 1320 g/mol. The number of halogens is 2. The highest BCUT2D eigenvalue weighted by Crippen LogP contribution is 2.36. The van der Waals surface area contributed by atoms with Crippen LogP contribution < -0.4 is 19.9 Å². The fourth-order valence-electron chi connectivity index (χ4n) is 9.57. The molecular weight excluding hydrogens is 1250 g/mol. The molecule has 5 atom stereocenters. The van der Waals surface area contributed by atoms with E-state index in [-0.39, 0.29) is 99.3 Å². The van der Waals surface area contributed by atoms with Gasteiger partial charge in [-0.1, -0.05) is 24.3 Å². The smallest absolute Gasteiger partial charge is 0.335 e. The first kappa shape index (κ1) is 64.7. The summed E-state index contributed by atoms with van der Waals surface area (Å²) in [6, 6.07) is 26.8. The minimum absolute atomic E-state index is 0. The van der Waals surface area contributed by atoms with Crippen LogP contribution in [-0.4, -0.2) is 194 Å². The number of benzene rings is 3. The molecule has 9 rings (SSSR count). The lowest BCUT2D eigenvalue weighted by Crippen LogP contribution is -2.61. The second-order valence-corrected chi connectivity index (χ2v) is 21.7. The number of carbonyl (C=O) groups is 5. The average Bonchev–Trinajstić information content (AvgIpc) is 1.44. The van der Waals surface area contributed by atoms with Crippen molar-refractivity contribution < 1.29 is 72.8 Å². The second kappa shape index (κ2) is 30.4. The number of ether oxygens (including phenoxy) is 6. The number of carboxylic acids is 1. The molecule has 2 saturated heterocycles. The van der Waals surface area contributed by atoms with Crippen LogP contribution in [0.5, 0.6) is 5.75 Å². The van der Waals surface area contributed by atoms with Gasteiger partial charge in [0.2, 0.25) is 18.1 Å². The fourth-order valence-corrected chi connectivity index (χ4v) is 10.3. The van der Waals surface area contributed by atoms with Gasteiger partial charge < -0.3 is 66.9 Å². The van der Waals surface area contributed by atoms with Gasteiger partial charge in [-0.25, -0.2) is 24.4 Å². The molecule has 0 unspecified atom stereocenters. The summed E-state index contributed by atoms with van der Waals surface area (Å²) in [6.07, 6.45) is -3.98. The van der Waals surface area contributed by atoms with Crippen LogP contribution in [0.2, 0.25) is 0 Å². The van der Waals surface area contributed by atoms with Crippen LogP contribution in [0.15, 0.2) is 113 Å². The summed E-state index contributed by atoms with van der Waals surface area (Å²) >= 11 is 6.16. The molecule has 4 amide bonds. The Morgan fingerprint density at radius 3 is 2.19 bits per heavy atom. The second-order valence-electron chi connectivity index (χ2n) is 20.1. The normalized spacial score (nSPS) is 19.3. The summed E-state index contributed by atoms with van der Waals surface area (Å²) in [5.74, 6) is -2.19. The number of imide groups is 1. The van der Waals surface area contributed by atoms with Crippen molar-refractivity contribution in [2.45, 2.75) is 63.4 Å². The number of morpholine rings is 1. The van der Waals surface area contributed by atoms with E-state index >= 15 is 0 Å². The summed E-state index contributed by atoms with van der Waals surface area (Å²) in [6.45, 7) is 5.61. The predicted molar refractivity (Wildman–Crippen MR) is 318 cm³/mol. The Hall–Kier alpha value is -7.28. The SMILES string of the molecule is Cc1ccc(-c2ncn(-c3ccc(Cc4nccc(-c5cccc([N+]6(Cc7ccc(O[C@@H]8O[C@H](C(=O)O)[C@@H](O)[C@H](O)[C@H]8O)c(NC(=O)CCNC(=O)CCOCCOCCOCCN8C(=O)C(Br)=C(Br)C8=O)c7)CCOCC6)c5)n4)cc3)n2)cn1.[CH3-]. The van der Waals surface area contributed by atoms with E-state index in [1.165, 1.54) is 6.07 Å². The van der Waals surface area contributed by atoms with E-state index in [0.29, 0.717) is 55.4 Å². The van der Waals surface area contributed by atoms with Gasteiger partial charge in [-0.3, -0.25) is 33.5 Å². The third-order valence-corrected chi connectivity index (χ3v) is 16.2. The Kier molecular flexibility index (Phi) is 22.9. The number of aromatic nitrogens is 6. The van der Waals surface area contributed by atoms with Crippen LogP contribution in [0.25, 0.3) is 28.3 Å². The van der Waals surface area contributed by atoms with Crippen molar-refractivity contribution in [3.8, 4) is 34.1 Å². The minimum atomic E-state index is -1.95. The van der Waals surface area contributed by atoms with Gasteiger partial charge in [-0.15, -0.1) is 5.10 Å². The number of anilines is 1. The molecule has 3 aliphatic heterocycles. The van der Waals surface area contributed by atoms with Crippen molar-refractivity contribution in [1.29, 1.82) is 0 Å². The van der Waals surface area contributed by atoms with Crippen LogP contribution >= 0.6 is 31.9 Å². The van der Waals surface area contributed by atoms with Gasteiger partial charge in [0.15, 0.2) is 11.9 Å². The molecule has 6 N–H and O–H groups in total. The van der Waals surface area contributed by atoms with E-state index in [9.17, 15) is 44.4 Å². The van der Waals surface area contributed by atoms with Crippen LogP contribution in [0.4, 0.5) is 11.4 Å². The molecule has 0 aliphatic carbocycles. The van der Waals surface area contributed by atoms with Crippen molar-refractivity contribution in [3.05, 3.63) is 143 Å². The molecule has 3 aromatic heterocycles. The Balaban J connectivity index is 0.00000961. The maximum absolute atomic E-state index is 13.6. The standard InChI is InChI=1S/C58H62Br2N10O15.CH3/c1-35-5-9-39(32-63-35)54-64-34-69(67-54)40-10-6-36(7-11-40)30-45-61-16-13-42(65-45)38-3-2-4-41(31-38)70(19-23-82-24-20-70)33-37-8-12-44(84-58-52(75)50(73)51(74)53(85-58)57(78)79)43(29-37)66-47(72)14-17-62-46(71)15-21-80-25-27-83-28-26-81-22-18-68-55(76)48(59)49(60)56(68)77;/h2-13,16,29,31-32,34,50-53,58,73-75H,14-15,17-28,30,33H2,1H3,(H2-,62,66,71,72,78,79);1H3/q;-1/p+1/t50-,51-,52+,53-,58+;/m0./s1. The summed E-state index contributed by atoms with van der Waals surface area (Å²) < 4.78 is 36.3. The van der Waals surface area contributed by atoms with E-state index < -0.39 is 54.4 Å². The summed E-state index contributed by atoms with van der Waals surface area (Å²) in [5.41, 5.74) is 7.05. The lowest BCUT2D eigenvalue weighted by Gasteiger charge is -2.41. The number of aliphatic carboxylic acids is 1. The number of aryl methyl sites for hydroxylation is 1. The molecule has 86 heavy (non-hydrogen) atoms. The summed E-state index contributed by atoms with van der Waals surface area (Å²) in [7, 11) is 0. The zero-order valence-corrected chi connectivity index (χ0v) is 50.3. The summed E-state index contributed by atoms with van der Waals surface area (Å²) in [4.78, 5) is 81.9. The highest BCUT2D eigenvalue weighted by atomic mass is 79.9. The van der Waals surface area contributed by atoms with Crippen molar-refractivity contribution in [3.63, 3.8) is 0 Å². The molecule has 456 valence electrons. The Labute approximate surface area is 512 Å². The molecule has 25 nitrogen and oxygen atoms in total. The van der Waals surface area contributed by atoms with Gasteiger partial charge >= 0.3 is 5.97 Å². The summed E-state index contributed by atoms with van der Waals surface area (Å²) in [5, 5.41) is 51.7. The number of aliphatic hydroxyl groups is 3. The van der Waals surface area contributed by atoms with E-state index in [1.54, 1.807) is 35.5 Å². The number of nitrogens with one attached hydrogen (secondary N) is 2. The molecular formula is C59H66Br2N10O15. The zero-order chi connectivity index (χ0) is 60.0. The number of rotatable bonds is 27. The molecule has 0 saturated carbocycles. The van der Waals surface area contributed by atoms with Crippen molar-refractivity contribution in [2.75, 3.05) is 84.4 Å². The molecule has 3 aliphatic rings. The van der Waals surface area contributed by atoms with Gasteiger partial charge in [0.1, 0.15) is 70.5 Å². The van der Waals surface area contributed by atoms with Gasteiger partial charge in [0, 0.05) is 66.7 Å². The maximum atomic E-state index is 13.6. The number of carbonyl (C=O) groups excluding carboxylic acids is 4. The topological polar surface area (TPSA) is 318 Å². The van der Waals surface area contributed by atoms with Crippen LogP contribution in [0.1, 0.15) is 35.5 Å². The van der Waals surface area contributed by atoms with Gasteiger partial charge in [0.05, 0.1) is 76.5 Å². The van der Waals surface area contributed by atoms with Crippen LogP contribution in [0.3, 0.4) is 0 Å². The van der Waals surface area contributed by atoms with E-state index in [0.717, 1.165) is 49.9 Å². The number of aliphatic hydroxyl groups excluding tert-OH is 3. The Bertz CT molecular complexity index is 3340. The first-order chi connectivity index (χ1) is 41.0. The zero-order valence-electron chi connectivity index (χ0n) is 47.1. The van der Waals surface area contributed by atoms with Crippen LogP contribution in [0, 0.1) is 14.4 Å². The number of hydrogen-bond donors (Lipinski definition) is 6. The number of amides is 4. The first-order valence-electron chi connectivity index (χ1n) is 27.3. The largest absolute Gasteiger partial charge is 0.479 e. The van der Waals surface area contributed by atoms with Gasteiger partial charge in [-0.2, -0.15) is 0 Å². The first-order valence-corrected chi connectivity index (χ1v) is 28.9. The molecule has 27 heteroatoms. The fraction of sp³-hybridized carbons (Fsp3) is 0.373. The molecule has 0 radical (unpaired) electrons. The van der Waals surface area contributed by atoms with E-state index in [2.05, 4.69) is 74.7 Å². The third kappa shape index (κ3) is 16.4. The monoisotopic (exact) mass is 1310 g/mol. The quantitative estimate of drug-likeness (QED) is 0.0182. The number of hydrogen-bond acceptors (Lipinski definition) is 19. The lowest BCUT2D eigenvalue weighted by molar-refractivity contribution is -0.271. The Morgan fingerprint density at radius 1 is 0.767 bits per heavy atom. The van der Waals surface area contributed by atoms with E-state index in [4.69, 9.17) is 33.4 Å². The number of carboxylic acid groups (broad SMARTS) is 1. The number of quaternary nitrogens is 1. The molecule has 2 fully saturated rings. The maximum Gasteiger partial charge on any atom is 0.335 e. The Morgan fingerprint density at radius 2 is 1.48 bits per heavy atom. The molecule has 0 spiro atoms. The van der Waals surface area contributed by atoms with E-state index in [1.807, 2.05) is 61.5 Å². The van der Waals surface area contributed by atoms with Crippen molar-refractivity contribution in [1.82, 2.24) is 44.4 Å². The molecule has 6 aromatic rings. The van der Waals surface area contributed by atoms with Gasteiger partial charge in [0.25, 0.3) is 11.8 Å².